The molecular formula is C14H14N2O5S. The number of benzene rings is 1. The lowest BCUT2D eigenvalue weighted by molar-refractivity contribution is -0.140. The number of methoxy groups -OCH3 is 1. The van der Waals surface area contributed by atoms with Gasteiger partial charge in [-0.1, -0.05) is 18.2 Å². The van der Waals surface area contributed by atoms with Gasteiger partial charge in [-0.2, -0.15) is 0 Å². The van der Waals surface area contributed by atoms with Crippen molar-refractivity contribution >= 4 is 35.1 Å². The van der Waals surface area contributed by atoms with E-state index in [0.717, 1.165) is 4.90 Å². The highest BCUT2D eigenvalue weighted by atomic mass is 32.1. The molecule has 0 aliphatic carbocycles. The van der Waals surface area contributed by atoms with Gasteiger partial charge in [0.2, 0.25) is 5.11 Å². The van der Waals surface area contributed by atoms with Gasteiger partial charge in [0.05, 0.1) is 13.2 Å². The molecule has 0 saturated carbocycles. The van der Waals surface area contributed by atoms with Gasteiger partial charge in [0.1, 0.15) is 11.7 Å². The molecule has 2 atom stereocenters. The quantitative estimate of drug-likeness (QED) is 0.827. The summed E-state index contributed by atoms with van der Waals surface area (Å²) in [5.74, 6) is -1.92. The van der Waals surface area contributed by atoms with Crippen molar-refractivity contribution in [1.29, 1.82) is 0 Å². The van der Waals surface area contributed by atoms with Crippen LogP contribution >= 0.6 is 12.2 Å². The molecule has 1 heterocycles. The Morgan fingerprint density at radius 3 is 2.50 bits per heavy atom. The zero-order valence-corrected chi connectivity index (χ0v) is 12.7. The summed E-state index contributed by atoms with van der Waals surface area (Å²) in [6.07, 6.45) is -1.36. The van der Waals surface area contributed by atoms with E-state index < -0.39 is 24.0 Å². The van der Waals surface area contributed by atoms with Crippen LogP contribution in [0.2, 0.25) is 0 Å². The standard InChI is InChI=1S/C14H14N2O5S/c1-7-10(12(17)18)11(16(14(19)20)13(22)15-7)8-5-3-4-6-9(8)21-2/h3-6,10-11H,1-2H3,(H,17,18)(H,19,20). The third-order valence-electron chi connectivity index (χ3n) is 3.45. The highest BCUT2D eigenvalue weighted by Gasteiger charge is 2.44. The van der Waals surface area contributed by atoms with Crippen LogP contribution in [0, 0.1) is 5.92 Å². The molecule has 0 fully saturated rings. The van der Waals surface area contributed by atoms with Gasteiger partial charge in [-0.15, -0.1) is 0 Å². The average Bonchev–Trinajstić information content (AvgIpc) is 2.45. The molecule has 1 aliphatic rings. The maximum Gasteiger partial charge on any atom is 0.414 e. The van der Waals surface area contributed by atoms with E-state index in [4.69, 9.17) is 17.0 Å². The smallest absolute Gasteiger partial charge is 0.414 e. The number of rotatable bonds is 3. The minimum absolute atomic E-state index is 0.182. The molecule has 0 bridgehead atoms. The van der Waals surface area contributed by atoms with Crippen LogP contribution < -0.4 is 4.74 Å². The predicted octanol–water partition coefficient (Wildman–Crippen LogP) is 2.18. The lowest BCUT2D eigenvalue weighted by Crippen LogP contribution is -2.48. The molecule has 8 heteroatoms. The molecule has 2 rings (SSSR count). The van der Waals surface area contributed by atoms with Crippen molar-refractivity contribution in [3.05, 3.63) is 29.8 Å². The topological polar surface area (TPSA) is 99.4 Å². The van der Waals surface area contributed by atoms with Gasteiger partial charge in [-0.25, -0.2) is 14.7 Å². The van der Waals surface area contributed by atoms with Gasteiger partial charge < -0.3 is 14.9 Å². The van der Waals surface area contributed by atoms with Gasteiger partial charge >= 0.3 is 12.1 Å². The van der Waals surface area contributed by atoms with Gasteiger partial charge in [0, 0.05) is 11.3 Å². The average molecular weight is 322 g/mol. The highest BCUT2D eigenvalue weighted by molar-refractivity contribution is 7.80. The first-order valence-corrected chi connectivity index (χ1v) is 6.76. The van der Waals surface area contributed by atoms with Gasteiger partial charge in [-0.05, 0) is 25.2 Å². The summed E-state index contributed by atoms with van der Waals surface area (Å²) in [7, 11) is 1.43. The Balaban J connectivity index is 2.68. The number of hydrogen-bond donors (Lipinski definition) is 2. The molecule has 1 aromatic rings. The molecule has 1 aromatic carbocycles. The summed E-state index contributed by atoms with van der Waals surface area (Å²) in [5.41, 5.74) is 0.683. The number of aliphatic carboxylic acids is 1. The van der Waals surface area contributed by atoms with Crippen LogP contribution in [0.4, 0.5) is 4.79 Å². The number of carboxylic acids is 1. The molecule has 2 N–H and O–H groups in total. The Hall–Kier alpha value is -2.48. The van der Waals surface area contributed by atoms with Crippen molar-refractivity contribution in [1.82, 2.24) is 4.90 Å². The number of para-hydroxylation sites is 1. The summed E-state index contributed by atoms with van der Waals surface area (Å²) >= 11 is 5.00. The van der Waals surface area contributed by atoms with Gasteiger partial charge in [0.15, 0.2) is 0 Å². The number of carbonyl (C=O) groups is 2. The van der Waals surface area contributed by atoms with Crippen LogP contribution in [-0.2, 0) is 4.79 Å². The monoisotopic (exact) mass is 322 g/mol. The van der Waals surface area contributed by atoms with Crippen LogP contribution in [0.15, 0.2) is 29.3 Å². The number of hydrogen-bond acceptors (Lipinski definition) is 4. The Morgan fingerprint density at radius 1 is 1.32 bits per heavy atom. The van der Waals surface area contributed by atoms with Crippen molar-refractivity contribution in [2.45, 2.75) is 13.0 Å². The van der Waals surface area contributed by atoms with Crippen molar-refractivity contribution in [2.75, 3.05) is 7.11 Å². The van der Waals surface area contributed by atoms with Crippen LogP contribution in [-0.4, -0.2) is 45.1 Å². The third kappa shape index (κ3) is 2.64. The zero-order valence-electron chi connectivity index (χ0n) is 11.9. The van der Waals surface area contributed by atoms with E-state index in [1.807, 2.05) is 0 Å². The fraction of sp³-hybridized carbons (Fsp3) is 0.286. The molecule has 1 amide bonds. The van der Waals surface area contributed by atoms with E-state index in [0.29, 0.717) is 11.3 Å². The van der Waals surface area contributed by atoms with E-state index in [9.17, 15) is 19.8 Å². The van der Waals surface area contributed by atoms with Crippen LogP contribution in [0.25, 0.3) is 0 Å². The largest absolute Gasteiger partial charge is 0.496 e. The summed E-state index contributed by atoms with van der Waals surface area (Å²) in [6.45, 7) is 1.52. The van der Waals surface area contributed by atoms with E-state index in [-0.39, 0.29) is 10.8 Å². The number of aliphatic imine (C=N–C) groups is 1. The molecule has 1 aliphatic heterocycles. The third-order valence-corrected chi connectivity index (χ3v) is 3.74. The minimum atomic E-state index is -1.36. The van der Waals surface area contributed by atoms with Crippen molar-refractivity contribution < 1.29 is 24.5 Å². The van der Waals surface area contributed by atoms with E-state index in [2.05, 4.69) is 4.99 Å². The molecule has 0 radical (unpaired) electrons. The van der Waals surface area contributed by atoms with E-state index in [1.54, 1.807) is 24.3 Å². The first kappa shape index (κ1) is 15.9. The Bertz CT molecular complexity index is 673. The Morgan fingerprint density at radius 2 is 1.95 bits per heavy atom. The molecule has 0 aromatic heterocycles. The van der Waals surface area contributed by atoms with Crippen molar-refractivity contribution in [3.63, 3.8) is 0 Å². The second-order valence-corrected chi connectivity index (χ2v) is 5.06. The van der Waals surface area contributed by atoms with E-state index >= 15 is 0 Å². The van der Waals surface area contributed by atoms with Crippen LogP contribution in [0.5, 0.6) is 5.75 Å². The summed E-state index contributed by atoms with van der Waals surface area (Å²) in [4.78, 5) is 27.9. The second-order valence-electron chi connectivity index (χ2n) is 4.69. The molecule has 22 heavy (non-hydrogen) atoms. The Labute approximate surface area is 131 Å². The summed E-state index contributed by atoms with van der Waals surface area (Å²) in [6, 6.07) is 5.62. The molecule has 116 valence electrons. The van der Waals surface area contributed by atoms with Crippen LogP contribution in [0.1, 0.15) is 18.5 Å². The highest BCUT2D eigenvalue weighted by Crippen LogP contribution is 2.38. The maximum atomic E-state index is 11.6. The Kier molecular flexibility index (Phi) is 4.41. The van der Waals surface area contributed by atoms with Crippen LogP contribution in [0.3, 0.4) is 0 Å². The fourth-order valence-corrected chi connectivity index (χ4v) is 2.85. The second kappa shape index (κ2) is 6.10. The number of carboxylic acid groups (broad SMARTS) is 2. The predicted molar refractivity (Wildman–Crippen MR) is 82.4 cm³/mol. The number of nitrogens with zero attached hydrogens (tertiary/aromatic N) is 2. The fourth-order valence-electron chi connectivity index (χ4n) is 2.51. The lowest BCUT2D eigenvalue weighted by atomic mass is 9.87. The molecule has 7 nitrogen and oxygen atoms in total. The van der Waals surface area contributed by atoms with Crippen molar-refractivity contribution in [3.8, 4) is 5.75 Å². The lowest BCUT2D eigenvalue weighted by Gasteiger charge is -2.36. The van der Waals surface area contributed by atoms with Gasteiger partial charge in [0.25, 0.3) is 0 Å². The summed E-state index contributed by atoms with van der Waals surface area (Å²) < 4.78 is 5.23. The normalized spacial score (nSPS) is 21.3. The maximum absolute atomic E-state index is 11.6. The van der Waals surface area contributed by atoms with Gasteiger partial charge in [-0.3, -0.25) is 4.79 Å². The summed E-state index contributed by atoms with van der Waals surface area (Å²) in [5, 5.41) is 18.7. The van der Waals surface area contributed by atoms with E-state index in [1.165, 1.54) is 14.0 Å². The SMILES string of the molecule is COc1ccccc1C1C(C(=O)O)C(C)=NC(=S)N1C(=O)O. The number of ether oxygens (including phenoxy) is 1. The molecule has 2 unspecified atom stereocenters. The minimum Gasteiger partial charge on any atom is -0.496 e. The zero-order chi connectivity index (χ0) is 16.4. The molecular weight excluding hydrogens is 308 g/mol. The first-order valence-electron chi connectivity index (χ1n) is 6.35. The first-order chi connectivity index (χ1) is 10.4. The number of amides is 1. The number of thiocarbonyl (C=S) groups is 1. The molecule has 0 saturated heterocycles. The molecule has 0 spiro atoms. The van der Waals surface area contributed by atoms with Crippen molar-refractivity contribution in [2.24, 2.45) is 10.9 Å².